The number of halogens is 1. The molecule has 1 amide bonds. The summed E-state index contributed by atoms with van der Waals surface area (Å²) in [6.07, 6.45) is 2.14. The number of hydrogen-bond acceptors (Lipinski definition) is 3. The molecule has 2 aromatic rings. The molecule has 0 aliphatic carbocycles. The Morgan fingerprint density at radius 1 is 1.08 bits per heavy atom. The second kappa shape index (κ2) is 10.2. The highest BCUT2D eigenvalue weighted by Crippen LogP contribution is 2.24. The summed E-state index contributed by atoms with van der Waals surface area (Å²) < 4.78 is 5.84. The average Bonchev–Trinajstić information content (AvgIpc) is 2.67. The Balaban J connectivity index is 0.00000243. The maximum absolute atomic E-state index is 12.8. The minimum absolute atomic E-state index is 0. The van der Waals surface area contributed by atoms with Crippen LogP contribution in [-0.4, -0.2) is 37.0 Å². The number of ether oxygens (including phenoxy) is 1. The maximum atomic E-state index is 12.8. The lowest BCUT2D eigenvalue weighted by Crippen LogP contribution is -2.40. The second-order valence-corrected chi connectivity index (χ2v) is 6.49. The van der Waals surface area contributed by atoms with Crippen molar-refractivity contribution in [3.05, 3.63) is 60.2 Å². The van der Waals surface area contributed by atoms with Crippen molar-refractivity contribution in [2.75, 3.05) is 26.2 Å². The maximum Gasteiger partial charge on any atom is 0.253 e. The van der Waals surface area contributed by atoms with Gasteiger partial charge in [-0.1, -0.05) is 31.2 Å². The number of carbonyl (C=O) groups is 1. The van der Waals surface area contributed by atoms with Crippen LogP contribution in [0.2, 0.25) is 0 Å². The molecule has 1 saturated heterocycles. The van der Waals surface area contributed by atoms with E-state index in [1.807, 2.05) is 59.5 Å². The first kappa shape index (κ1) is 20.3. The predicted octanol–water partition coefficient (Wildman–Crippen LogP) is 4.36. The van der Waals surface area contributed by atoms with Crippen LogP contribution in [0.15, 0.2) is 54.6 Å². The number of nitrogens with one attached hydrogen (secondary N) is 1. The van der Waals surface area contributed by atoms with Gasteiger partial charge in [0.15, 0.2) is 0 Å². The third kappa shape index (κ3) is 5.48. The molecule has 0 aromatic heterocycles. The van der Waals surface area contributed by atoms with Crippen molar-refractivity contribution in [2.45, 2.75) is 19.8 Å². The zero-order valence-electron chi connectivity index (χ0n) is 15.2. The SMILES string of the molecule is CCNCC1CCN(C(=O)c2cccc(Oc3ccccc3)c2)CC1.Cl. The van der Waals surface area contributed by atoms with E-state index in [0.29, 0.717) is 17.2 Å². The van der Waals surface area contributed by atoms with Crippen LogP contribution in [0.4, 0.5) is 0 Å². The molecule has 2 aromatic carbocycles. The minimum Gasteiger partial charge on any atom is -0.457 e. The molecule has 5 heteroatoms. The molecule has 1 fully saturated rings. The smallest absolute Gasteiger partial charge is 0.253 e. The number of rotatable bonds is 6. The summed E-state index contributed by atoms with van der Waals surface area (Å²) in [5.41, 5.74) is 0.693. The van der Waals surface area contributed by atoms with E-state index in [0.717, 1.165) is 44.8 Å². The van der Waals surface area contributed by atoms with Crippen molar-refractivity contribution in [1.29, 1.82) is 0 Å². The first-order valence-corrected chi connectivity index (χ1v) is 9.09. The molecule has 26 heavy (non-hydrogen) atoms. The Morgan fingerprint density at radius 2 is 1.77 bits per heavy atom. The number of carbonyl (C=O) groups excluding carboxylic acids is 1. The summed E-state index contributed by atoms with van der Waals surface area (Å²) in [6.45, 7) is 5.85. The van der Waals surface area contributed by atoms with E-state index in [-0.39, 0.29) is 18.3 Å². The van der Waals surface area contributed by atoms with E-state index in [9.17, 15) is 4.79 Å². The summed E-state index contributed by atoms with van der Waals surface area (Å²) in [7, 11) is 0. The first-order valence-electron chi connectivity index (χ1n) is 9.09. The molecule has 1 heterocycles. The van der Waals surface area contributed by atoms with Crippen molar-refractivity contribution in [3.8, 4) is 11.5 Å². The van der Waals surface area contributed by atoms with Gasteiger partial charge in [0.1, 0.15) is 11.5 Å². The number of nitrogens with zero attached hydrogens (tertiary/aromatic N) is 1. The predicted molar refractivity (Wildman–Crippen MR) is 107 cm³/mol. The molecule has 1 N–H and O–H groups in total. The number of hydrogen-bond donors (Lipinski definition) is 1. The molecular formula is C21H27ClN2O2. The third-order valence-electron chi connectivity index (χ3n) is 4.64. The van der Waals surface area contributed by atoms with E-state index in [1.165, 1.54) is 0 Å². The number of likely N-dealkylation sites (tertiary alicyclic amines) is 1. The van der Waals surface area contributed by atoms with Crippen LogP contribution in [0.1, 0.15) is 30.1 Å². The zero-order valence-corrected chi connectivity index (χ0v) is 16.0. The standard InChI is InChI=1S/C21H26N2O2.ClH/c1-2-22-16-17-11-13-23(14-12-17)21(24)18-7-6-10-20(15-18)25-19-8-4-3-5-9-19;/h3-10,15,17,22H,2,11-14,16H2,1H3;1H. The van der Waals surface area contributed by atoms with E-state index < -0.39 is 0 Å². The fourth-order valence-electron chi connectivity index (χ4n) is 3.19. The largest absolute Gasteiger partial charge is 0.457 e. The van der Waals surface area contributed by atoms with Gasteiger partial charge < -0.3 is 15.0 Å². The molecular weight excluding hydrogens is 348 g/mol. The molecule has 0 spiro atoms. The van der Waals surface area contributed by atoms with Crippen molar-refractivity contribution >= 4 is 18.3 Å². The lowest BCUT2D eigenvalue weighted by Gasteiger charge is -2.32. The van der Waals surface area contributed by atoms with Gasteiger partial charge in [0.25, 0.3) is 5.91 Å². The lowest BCUT2D eigenvalue weighted by atomic mass is 9.96. The van der Waals surface area contributed by atoms with Crippen LogP contribution in [-0.2, 0) is 0 Å². The number of piperidine rings is 1. The molecule has 4 nitrogen and oxygen atoms in total. The molecule has 0 atom stereocenters. The van der Waals surface area contributed by atoms with Gasteiger partial charge in [-0.05, 0) is 62.2 Å². The summed E-state index contributed by atoms with van der Waals surface area (Å²) >= 11 is 0. The van der Waals surface area contributed by atoms with Crippen LogP contribution in [0.5, 0.6) is 11.5 Å². The monoisotopic (exact) mass is 374 g/mol. The molecule has 0 radical (unpaired) electrons. The molecule has 0 unspecified atom stereocenters. The molecule has 140 valence electrons. The highest BCUT2D eigenvalue weighted by molar-refractivity contribution is 5.94. The van der Waals surface area contributed by atoms with E-state index >= 15 is 0 Å². The van der Waals surface area contributed by atoms with Crippen molar-refractivity contribution in [1.82, 2.24) is 10.2 Å². The highest BCUT2D eigenvalue weighted by atomic mass is 35.5. The van der Waals surface area contributed by atoms with Gasteiger partial charge in [0.2, 0.25) is 0 Å². The third-order valence-corrected chi connectivity index (χ3v) is 4.64. The van der Waals surface area contributed by atoms with E-state index in [2.05, 4.69) is 12.2 Å². The molecule has 1 aliphatic heterocycles. The van der Waals surface area contributed by atoms with Crippen molar-refractivity contribution < 1.29 is 9.53 Å². The van der Waals surface area contributed by atoms with E-state index in [4.69, 9.17) is 4.74 Å². The molecule has 1 aliphatic rings. The van der Waals surface area contributed by atoms with Crippen molar-refractivity contribution in [2.24, 2.45) is 5.92 Å². The molecule has 0 bridgehead atoms. The Bertz CT molecular complexity index is 685. The Hall–Kier alpha value is -2.04. The van der Waals surface area contributed by atoms with Crippen LogP contribution in [0.3, 0.4) is 0 Å². The van der Waals surface area contributed by atoms with Gasteiger partial charge in [0.05, 0.1) is 0 Å². The molecule has 3 rings (SSSR count). The van der Waals surface area contributed by atoms with E-state index in [1.54, 1.807) is 0 Å². The summed E-state index contributed by atoms with van der Waals surface area (Å²) in [5, 5.41) is 3.40. The number of para-hydroxylation sites is 1. The topological polar surface area (TPSA) is 41.6 Å². The van der Waals surface area contributed by atoms with Crippen LogP contribution in [0, 0.1) is 5.92 Å². The quantitative estimate of drug-likeness (QED) is 0.816. The average molecular weight is 375 g/mol. The zero-order chi connectivity index (χ0) is 17.5. The normalized spacial score (nSPS) is 14.6. The van der Waals surface area contributed by atoms with Crippen LogP contribution < -0.4 is 10.1 Å². The van der Waals surface area contributed by atoms with Gasteiger partial charge in [-0.3, -0.25) is 4.79 Å². The summed E-state index contributed by atoms with van der Waals surface area (Å²) in [5.74, 6) is 2.24. The van der Waals surface area contributed by atoms with Gasteiger partial charge in [-0.2, -0.15) is 0 Å². The van der Waals surface area contributed by atoms with Crippen LogP contribution in [0.25, 0.3) is 0 Å². The number of benzene rings is 2. The van der Waals surface area contributed by atoms with Gasteiger partial charge >= 0.3 is 0 Å². The highest BCUT2D eigenvalue weighted by Gasteiger charge is 2.23. The summed E-state index contributed by atoms with van der Waals surface area (Å²) in [4.78, 5) is 14.7. The van der Waals surface area contributed by atoms with Gasteiger partial charge in [-0.15, -0.1) is 12.4 Å². The van der Waals surface area contributed by atoms with Crippen molar-refractivity contribution in [3.63, 3.8) is 0 Å². The first-order chi connectivity index (χ1) is 12.3. The Kier molecular flexibility index (Phi) is 7.95. The Morgan fingerprint density at radius 3 is 2.46 bits per heavy atom. The van der Waals surface area contributed by atoms with Crippen LogP contribution >= 0.6 is 12.4 Å². The number of amides is 1. The second-order valence-electron chi connectivity index (χ2n) is 6.49. The minimum atomic E-state index is 0. The fraction of sp³-hybridized carbons (Fsp3) is 0.381. The Labute approximate surface area is 162 Å². The fourth-order valence-corrected chi connectivity index (χ4v) is 3.19. The molecule has 0 saturated carbocycles. The summed E-state index contributed by atoms with van der Waals surface area (Å²) in [6, 6.07) is 17.1. The lowest BCUT2D eigenvalue weighted by molar-refractivity contribution is 0.0690. The van der Waals surface area contributed by atoms with Gasteiger partial charge in [-0.25, -0.2) is 0 Å². The van der Waals surface area contributed by atoms with Gasteiger partial charge in [0, 0.05) is 18.7 Å².